The second-order valence-corrected chi connectivity index (χ2v) is 6.82. The summed E-state index contributed by atoms with van der Waals surface area (Å²) in [4.78, 5) is 4.50. The lowest BCUT2D eigenvalue weighted by atomic mass is 10.2. The van der Waals surface area contributed by atoms with Crippen molar-refractivity contribution < 1.29 is 13.2 Å². The van der Waals surface area contributed by atoms with Crippen molar-refractivity contribution in [1.29, 1.82) is 0 Å². The molecule has 3 N–H and O–H groups in total. The van der Waals surface area contributed by atoms with Crippen LogP contribution in [0.5, 0.6) is 5.75 Å². The first-order valence-electron chi connectivity index (χ1n) is 7.54. The van der Waals surface area contributed by atoms with E-state index in [2.05, 4.69) is 20.3 Å². The molecule has 0 atom stereocenters. The van der Waals surface area contributed by atoms with Crippen molar-refractivity contribution in [3.63, 3.8) is 0 Å². The van der Waals surface area contributed by atoms with E-state index in [1.165, 1.54) is 0 Å². The summed E-state index contributed by atoms with van der Waals surface area (Å²) in [5, 5.41) is 6.34. The van der Waals surface area contributed by atoms with Gasteiger partial charge >= 0.3 is 0 Å². The van der Waals surface area contributed by atoms with Crippen molar-refractivity contribution in [3.8, 4) is 5.75 Å². The van der Waals surface area contributed by atoms with E-state index < -0.39 is 10.0 Å². The monoisotopic (exact) mass is 470 g/mol. The zero-order valence-corrected chi connectivity index (χ0v) is 17.5. The fourth-order valence-corrected chi connectivity index (χ4v) is 2.31. The summed E-state index contributed by atoms with van der Waals surface area (Å²) >= 11 is 0. The lowest BCUT2D eigenvalue weighted by molar-refractivity contribution is 0.414. The summed E-state index contributed by atoms with van der Waals surface area (Å²) in [5.41, 5.74) is 1.08. The third kappa shape index (κ3) is 10.7. The summed E-state index contributed by atoms with van der Waals surface area (Å²) < 4.78 is 29.5. The van der Waals surface area contributed by atoms with Gasteiger partial charge in [-0.3, -0.25) is 0 Å². The van der Waals surface area contributed by atoms with Crippen LogP contribution in [0.3, 0.4) is 0 Å². The molecule has 24 heavy (non-hydrogen) atoms. The lowest BCUT2D eigenvalue weighted by Crippen LogP contribution is -2.38. The molecular weight excluding hydrogens is 443 g/mol. The zero-order chi connectivity index (χ0) is 17.1. The first-order chi connectivity index (χ1) is 10.9. The van der Waals surface area contributed by atoms with Gasteiger partial charge in [-0.25, -0.2) is 18.1 Å². The number of nitrogens with one attached hydrogen (secondary N) is 3. The van der Waals surface area contributed by atoms with Crippen LogP contribution in [-0.4, -0.2) is 47.4 Å². The maximum absolute atomic E-state index is 11.0. The molecule has 1 aromatic rings. The topological polar surface area (TPSA) is 91.8 Å². The van der Waals surface area contributed by atoms with Gasteiger partial charge in [-0.15, -0.1) is 24.0 Å². The lowest BCUT2D eigenvalue weighted by Gasteiger charge is -2.11. The number of benzene rings is 1. The van der Waals surface area contributed by atoms with Crippen molar-refractivity contribution in [3.05, 3.63) is 29.8 Å². The van der Waals surface area contributed by atoms with Gasteiger partial charge in [0.25, 0.3) is 0 Å². The van der Waals surface area contributed by atoms with E-state index in [4.69, 9.17) is 4.74 Å². The molecule has 0 unspecified atom stereocenters. The number of ether oxygens (including phenoxy) is 1. The number of nitrogens with zero attached hydrogens (tertiary/aromatic N) is 1. The molecule has 7 nitrogen and oxygen atoms in total. The predicted molar refractivity (Wildman–Crippen MR) is 109 cm³/mol. The highest BCUT2D eigenvalue weighted by atomic mass is 127. The van der Waals surface area contributed by atoms with Gasteiger partial charge in [0, 0.05) is 19.6 Å². The number of hydrogen-bond donors (Lipinski definition) is 3. The van der Waals surface area contributed by atoms with Crippen molar-refractivity contribution in [2.75, 3.05) is 33.0 Å². The Morgan fingerprint density at radius 1 is 1.17 bits per heavy atom. The molecule has 0 bridgehead atoms. The Morgan fingerprint density at radius 3 is 2.38 bits per heavy atom. The summed E-state index contributed by atoms with van der Waals surface area (Å²) in [6.45, 7) is 4.35. The zero-order valence-electron chi connectivity index (χ0n) is 14.3. The summed E-state index contributed by atoms with van der Waals surface area (Å²) in [6, 6.07) is 7.76. The van der Waals surface area contributed by atoms with Crippen LogP contribution in [0.4, 0.5) is 0 Å². The maximum Gasteiger partial charge on any atom is 0.208 e. The molecule has 0 amide bonds. The fourth-order valence-electron chi connectivity index (χ4n) is 1.80. The quantitative estimate of drug-likeness (QED) is 0.219. The van der Waals surface area contributed by atoms with Gasteiger partial charge in [-0.1, -0.05) is 12.1 Å². The average Bonchev–Trinajstić information content (AvgIpc) is 2.51. The molecule has 0 spiro atoms. The molecule has 1 rings (SSSR count). The summed E-state index contributed by atoms with van der Waals surface area (Å²) in [7, 11) is -1.48. The Morgan fingerprint density at radius 2 is 1.83 bits per heavy atom. The number of aliphatic imine (C=N–C) groups is 1. The van der Waals surface area contributed by atoms with Crippen LogP contribution in [-0.2, 0) is 16.6 Å². The van der Waals surface area contributed by atoms with E-state index in [0.29, 0.717) is 32.0 Å². The first-order valence-corrected chi connectivity index (χ1v) is 9.43. The van der Waals surface area contributed by atoms with E-state index in [1.54, 1.807) is 7.11 Å². The number of hydrogen-bond acceptors (Lipinski definition) is 4. The largest absolute Gasteiger partial charge is 0.497 e. The van der Waals surface area contributed by atoms with E-state index in [0.717, 1.165) is 24.1 Å². The minimum absolute atomic E-state index is 0. The van der Waals surface area contributed by atoms with E-state index in [-0.39, 0.29) is 24.0 Å². The predicted octanol–water partition coefficient (Wildman–Crippen LogP) is 1.31. The van der Waals surface area contributed by atoms with Crippen molar-refractivity contribution in [1.82, 2.24) is 15.4 Å². The van der Waals surface area contributed by atoms with Crippen molar-refractivity contribution in [2.24, 2.45) is 4.99 Å². The number of guanidine groups is 1. The molecular formula is C15H27IN4O3S. The van der Waals surface area contributed by atoms with Gasteiger partial charge in [0.1, 0.15) is 5.75 Å². The smallest absolute Gasteiger partial charge is 0.208 e. The summed E-state index contributed by atoms with van der Waals surface area (Å²) in [5.74, 6) is 1.53. The molecule has 0 aromatic heterocycles. The fraction of sp³-hybridized carbons (Fsp3) is 0.533. The van der Waals surface area contributed by atoms with Gasteiger partial charge < -0.3 is 15.4 Å². The van der Waals surface area contributed by atoms with Crippen LogP contribution in [0, 0.1) is 0 Å². The number of methoxy groups -OCH3 is 1. The van der Waals surface area contributed by atoms with Crippen LogP contribution in [0.25, 0.3) is 0 Å². The Balaban J connectivity index is 0.00000529. The van der Waals surface area contributed by atoms with E-state index >= 15 is 0 Å². The van der Waals surface area contributed by atoms with Crippen LogP contribution in [0.1, 0.15) is 18.9 Å². The van der Waals surface area contributed by atoms with Crippen LogP contribution in [0.15, 0.2) is 29.3 Å². The first kappa shape index (κ1) is 22.9. The van der Waals surface area contributed by atoms with Crippen LogP contribution in [0.2, 0.25) is 0 Å². The molecule has 0 saturated heterocycles. The molecule has 0 radical (unpaired) electrons. The normalized spacial score (nSPS) is 11.5. The second-order valence-electron chi connectivity index (χ2n) is 4.99. The van der Waals surface area contributed by atoms with Gasteiger partial charge in [0.05, 0.1) is 19.9 Å². The highest BCUT2D eigenvalue weighted by molar-refractivity contribution is 14.0. The molecule has 1 aromatic carbocycles. The van der Waals surface area contributed by atoms with Gasteiger partial charge in [0.15, 0.2) is 5.96 Å². The molecule has 0 fully saturated rings. The van der Waals surface area contributed by atoms with Crippen molar-refractivity contribution in [2.45, 2.75) is 19.9 Å². The Bertz CT molecular complexity index is 591. The van der Waals surface area contributed by atoms with Gasteiger partial charge in [-0.05, 0) is 31.0 Å². The molecule has 0 aliphatic rings. The molecule has 0 aliphatic carbocycles. The highest BCUT2D eigenvalue weighted by Crippen LogP contribution is 2.11. The second kappa shape index (κ2) is 12.3. The average molecular weight is 470 g/mol. The van der Waals surface area contributed by atoms with Gasteiger partial charge in [0.2, 0.25) is 10.0 Å². The summed E-state index contributed by atoms with van der Waals surface area (Å²) in [6.07, 6.45) is 1.83. The van der Waals surface area contributed by atoms with Crippen molar-refractivity contribution >= 4 is 40.0 Å². The van der Waals surface area contributed by atoms with E-state index in [1.807, 2.05) is 31.2 Å². The number of halogens is 1. The Labute approximate surface area is 161 Å². The van der Waals surface area contributed by atoms with Crippen LogP contribution >= 0.6 is 24.0 Å². The Hall–Kier alpha value is -1.07. The number of sulfonamides is 1. The molecule has 9 heteroatoms. The molecule has 0 aliphatic heterocycles. The SMILES string of the molecule is CCNC(=NCc1ccc(OC)cc1)NCCCNS(C)(=O)=O.I. The number of rotatable bonds is 9. The molecule has 138 valence electrons. The standard InChI is InChI=1S/C15H26N4O3S.HI/c1-4-16-15(17-10-5-11-19-23(3,20)21)18-12-13-6-8-14(22-2)9-7-13;/h6-9,19H,4-5,10-12H2,1-3H3,(H2,16,17,18);1H. The molecule has 0 saturated carbocycles. The van der Waals surface area contributed by atoms with E-state index in [9.17, 15) is 8.42 Å². The minimum Gasteiger partial charge on any atom is -0.497 e. The van der Waals surface area contributed by atoms with Crippen LogP contribution < -0.4 is 20.1 Å². The van der Waals surface area contributed by atoms with Gasteiger partial charge in [-0.2, -0.15) is 0 Å². The minimum atomic E-state index is -3.12. The third-order valence-corrected chi connectivity index (χ3v) is 3.66. The Kier molecular flexibility index (Phi) is 11.8. The maximum atomic E-state index is 11.0. The highest BCUT2D eigenvalue weighted by Gasteiger charge is 2.00. The third-order valence-electron chi connectivity index (χ3n) is 2.93. The molecule has 0 heterocycles.